The highest BCUT2D eigenvalue weighted by molar-refractivity contribution is 5.55. The molecule has 4 rings (SSSR count). The Morgan fingerprint density at radius 2 is 1.67 bits per heavy atom. The first kappa shape index (κ1) is 16.9. The zero-order valence-electron chi connectivity index (χ0n) is 14.4. The molecule has 0 amide bonds. The van der Waals surface area contributed by atoms with Crippen molar-refractivity contribution in [2.75, 3.05) is 6.61 Å². The van der Waals surface area contributed by atoms with Gasteiger partial charge in [0.2, 0.25) is 23.5 Å². The van der Waals surface area contributed by atoms with Crippen molar-refractivity contribution in [2.45, 2.75) is 13.3 Å². The standard InChI is InChI=1S/C19H15FN4O3/c1-2-25-15-9-5-12(6-10-15)18-21-16(27-24-18)11-17-22-23-19(26-17)13-3-7-14(20)8-4-13/h3-10H,2,11H2,1H3. The highest BCUT2D eigenvalue weighted by Crippen LogP contribution is 2.22. The molecule has 136 valence electrons. The molecule has 0 bridgehead atoms. The van der Waals surface area contributed by atoms with Crippen molar-refractivity contribution in [1.82, 2.24) is 20.3 Å². The molecule has 0 N–H and O–H groups in total. The minimum absolute atomic E-state index is 0.207. The van der Waals surface area contributed by atoms with Crippen LogP contribution in [0.1, 0.15) is 18.7 Å². The molecule has 0 unspecified atom stereocenters. The van der Waals surface area contributed by atoms with Crippen molar-refractivity contribution in [2.24, 2.45) is 0 Å². The van der Waals surface area contributed by atoms with Crippen molar-refractivity contribution in [3.63, 3.8) is 0 Å². The zero-order chi connectivity index (χ0) is 18.6. The number of rotatable bonds is 6. The molecular weight excluding hydrogens is 351 g/mol. The van der Waals surface area contributed by atoms with Gasteiger partial charge in [-0.05, 0) is 55.5 Å². The maximum absolute atomic E-state index is 13.0. The summed E-state index contributed by atoms with van der Waals surface area (Å²) in [7, 11) is 0. The monoisotopic (exact) mass is 366 g/mol. The fourth-order valence-electron chi connectivity index (χ4n) is 2.47. The lowest BCUT2D eigenvalue weighted by molar-refractivity contribution is 0.340. The van der Waals surface area contributed by atoms with E-state index in [0.717, 1.165) is 11.3 Å². The van der Waals surface area contributed by atoms with Gasteiger partial charge in [-0.15, -0.1) is 10.2 Å². The predicted octanol–water partition coefficient (Wildman–Crippen LogP) is 3.92. The van der Waals surface area contributed by atoms with Gasteiger partial charge in [0.05, 0.1) is 6.61 Å². The van der Waals surface area contributed by atoms with Crippen LogP contribution in [0.4, 0.5) is 4.39 Å². The van der Waals surface area contributed by atoms with Gasteiger partial charge in [-0.25, -0.2) is 4.39 Å². The van der Waals surface area contributed by atoms with E-state index in [-0.39, 0.29) is 12.2 Å². The molecule has 0 aliphatic heterocycles. The van der Waals surface area contributed by atoms with E-state index >= 15 is 0 Å². The van der Waals surface area contributed by atoms with E-state index in [0.29, 0.717) is 35.7 Å². The first-order chi connectivity index (χ1) is 13.2. The molecule has 4 aromatic rings. The molecule has 2 aromatic carbocycles. The minimum Gasteiger partial charge on any atom is -0.494 e. The fourth-order valence-corrected chi connectivity index (χ4v) is 2.47. The van der Waals surface area contributed by atoms with E-state index in [9.17, 15) is 4.39 Å². The van der Waals surface area contributed by atoms with Crippen LogP contribution in [0.3, 0.4) is 0 Å². The minimum atomic E-state index is -0.328. The van der Waals surface area contributed by atoms with Gasteiger partial charge in [-0.1, -0.05) is 5.16 Å². The van der Waals surface area contributed by atoms with Gasteiger partial charge < -0.3 is 13.7 Å². The quantitative estimate of drug-likeness (QED) is 0.511. The van der Waals surface area contributed by atoms with E-state index in [1.54, 1.807) is 12.1 Å². The summed E-state index contributed by atoms with van der Waals surface area (Å²) < 4.78 is 29.3. The molecule has 2 aromatic heterocycles. The zero-order valence-corrected chi connectivity index (χ0v) is 14.4. The van der Waals surface area contributed by atoms with Crippen LogP contribution in [-0.4, -0.2) is 26.9 Å². The molecule has 0 atom stereocenters. The number of benzene rings is 2. The summed E-state index contributed by atoms with van der Waals surface area (Å²) in [5.41, 5.74) is 1.45. The maximum Gasteiger partial charge on any atom is 0.247 e. The summed E-state index contributed by atoms with van der Waals surface area (Å²) in [5.74, 6) is 1.90. The molecule has 0 saturated heterocycles. The van der Waals surface area contributed by atoms with Gasteiger partial charge >= 0.3 is 0 Å². The van der Waals surface area contributed by atoms with E-state index in [2.05, 4.69) is 20.3 Å². The van der Waals surface area contributed by atoms with Gasteiger partial charge in [-0.2, -0.15) is 4.98 Å². The molecule has 0 spiro atoms. The molecule has 0 aliphatic carbocycles. The summed E-state index contributed by atoms with van der Waals surface area (Å²) >= 11 is 0. The molecule has 7 nitrogen and oxygen atoms in total. The Labute approximate surface area is 153 Å². The Hall–Kier alpha value is -3.55. The van der Waals surface area contributed by atoms with Crippen LogP contribution in [0.25, 0.3) is 22.8 Å². The molecule has 2 heterocycles. The average Bonchev–Trinajstić information content (AvgIpc) is 3.34. The van der Waals surface area contributed by atoms with Crippen molar-refractivity contribution >= 4 is 0 Å². The fraction of sp³-hybridized carbons (Fsp3) is 0.158. The van der Waals surface area contributed by atoms with E-state index in [1.807, 2.05) is 31.2 Å². The van der Waals surface area contributed by atoms with Crippen LogP contribution in [0, 0.1) is 5.82 Å². The topological polar surface area (TPSA) is 87.1 Å². The lowest BCUT2D eigenvalue weighted by atomic mass is 10.2. The predicted molar refractivity (Wildman–Crippen MR) is 93.4 cm³/mol. The van der Waals surface area contributed by atoms with Crippen molar-refractivity contribution < 1.29 is 18.1 Å². The Kier molecular flexibility index (Phi) is 4.61. The van der Waals surface area contributed by atoms with Crippen molar-refractivity contribution in [3.8, 4) is 28.6 Å². The third-order valence-corrected chi connectivity index (χ3v) is 3.75. The summed E-state index contributed by atoms with van der Waals surface area (Å²) in [6, 6.07) is 13.2. The molecule has 0 radical (unpaired) electrons. The van der Waals surface area contributed by atoms with Crippen LogP contribution in [-0.2, 0) is 6.42 Å². The second kappa shape index (κ2) is 7.36. The van der Waals surface area contributed by atoms with Gasteiger partial charge in [0.15, 0.2) is 0 Å². The number of nitrogens with zero attached hydrogens (tertiary/aromatic N) is 4. The third kappa shape index (κ3) is 3.84. The van der Waals surface area contributed by atoms with Crippen LogP contribution in [0.2, 0.25) is 0 Å². The Morgan fingerprint density at radius 1 is 0.926 bits per heavy atom. The van der Waals surface area contributed by atoms with Crippen molar-refractivity contribution in [3.05, 3.63) is 66.1 Å². The molecule has 8 heteroatoms. The smallest absolute Gasteiger partial charge is 0.247 e. The second-order valence-corrected chi connectivity index (χ2v) is 5.65. The van der Waals surface area contributed by atoms with Gasteiger partial charge in [0.1, 0.15) is 18.0 Å². The van der Waals surface area contributed by atoms with E-state index < -0.39 is 0 Å². The first-order valence-electron chi connectivity index (χ1n) is 8.35. The van der Waals surface area contributed by atoms with Gasteiger partial charge in [-0.3, -0.25) is 0 Å². The van der Waals surface area contributed by atoms with E-state index in [1.165, 1.54) is 12.1 Å². The largest absolute Gasteiger partial charge is 0.494 e. The summed E-state index contributed by atoms with van der Waals surface area (Å²) in [4.78, 5) is 4.35. The second-order valence-electron chi connectivity index (χ2n) is 5.65. The molecule has 0 fully saturated rings. The average molecular weight is 366 g/mol. The lowest BCUT2D eigenvalue weighted by Crippen LogP contribution is -1.91. The van der Waals surface area contributed by atoms with Crippen LogP contribution in [0.15, 0.2) is 57.5 Å². The number of aromatic nitrogens is 4. The summed E-state index contributed by atoms with van der Waals surface area (Å²) in [6.45, 7) is 2.54. The Morgan fingerprint density at radius 3 is 2.41 bits per heavy atom. The Balaban J connectivity index is 1.47. The van der Waals surface area contributed by atoms with E-state index in [4.69, 9.17) is 13.7 Å². The number of halogens is 1. The normalized spacial score (nSPS) is 10.9. The number of ether oxygens (including phenoxy) is 1. The summed E-state index contributed by atoms with van der Waals surface area (Å²) in [5, 5.41) is 11.9. The Bertz CT molecular complexity index is 1030. The van der Waals surface area contributed by atoms with Gasteiger partial charge in [0, 0.05) is 11.1 Å². The SMILES string of the molecule is CCOc1ccc(-c2noc(Cc3nnc(-c4ccc(F)cc4)o3)n2)cc1. The number of hydrogen-bond acceptors (Lipinski definition) is 7. The highest BCUT2D eigenvalue weighted by Gasteiger charge is 2.14. The summed E-state index contributed by atoms with van der Waals surface area (Å²) in [6.07, 6.45) is 0.207. The molecular formula is C19H15FN4O3. The number of hydrogen-bond donors (Lipinski definition) is 0. The first-order valence-corrected chi connectivity index (χ1v) is 8.35. The molecule has 0 saturated carbocycles. The maximum atomic E-state index is 13.0. The van der Waals surface area contributed by atoms with Crippen LogP contribution < -0.4 is 4.74 Å². The van der Waals surface area contributed by atoms with Crippen LogP contribution in [0.5, 0.6) is 5.75 Å². The highest BCUT2D eigenvalue weighted by atomic mass is 19.1. The van der Waals surface area contributed by atoms with Crippen LogP contribution >= 0.6 is 0 Å². The molecule has 0 aliphatic rings. The lowest BCUT2D eigenvalue weighted by Gasteiger charge is -2.02. The van der Waals surface area contributed by atoms with Gasteiger partial charge in [0.25, 0.3) is 0 Å². The van der Waals surface area contributed by atoms with Crippen molar-refractivity contribution in [1.29, 1.82) is 0 Å². The molecule has 27 heavy (non-hydrogen) atoms. The third-order valence-electron chi connectivity index (χ3n) is 3.75.